The predicted molar refractivity (Wildman–Crippen MR) is 69.4 cm³/mol. The molecule has 1 aliphatic heterocycles. The van der Waals surface area contributed by atoms with Crippen molar-refractivity contribution in [1.29, 1.82) is 0 Å². The van der Waals surface area contributed by atoms with Gasteiger partial charge in [0.1, 0.15) is 0 Å². The van der Waals surface area contributed by atoms with E-state index in [1.807, 2.05) is 17.9 Å². The third-order valence-corrected chi connectivity index (χ3v) is 3.33. The summed E-state index contributed by atoms with van der Waals surface area (Å²) in [5, 5.41) is 11.0. The number of piperidine rings is 1. The molecule has 1 atom stereocenters. The van der Waals surface area contributed by atoms with Crippen molar-refractivity contribution in [3.8, 4) is 0 Å². The summed E-state index contributed by atoms with van der Waals surface area (Å²) in [7, 11) is 0. The molecule has 0 spiro atoms. The highest BCUT2D eigenvalue weighted by atomic mass is 16.3. The minimum atomic E-state index is -0.644. The van der Waals surface area contributed by atoms with Gasteiger partial charge in [-0.05, 0) is 25.8 Å². The van der Waals surface area contributed by atoms with Gasteiger partial charge in [-0.15, -0.1) is 0 Å². The SMILES string of the molecule is C[C@@]1(O)CCCN(c2ncc3cnccc3n2)C1. The first-order valence-corrected chi connectivity index (χ1v) is 6.18. The largest absolute Gasteiger partial charge is 0.388 e. The maximum atomic E-state index is 10.1. The number of nitrogens with zero attached hydrogens (tertiary/aromatic N) is 4. The van der Waals surface area contributed by atoms with Crippen LogP contribution in [0.25, 0.3) is 10.9 Å². The Kier molecular flexibility index (Phi) is 2.63. The molecule has 0 bridgehead atoms. The molecule has 5 heteroatoms. The smallest absolute Gasteiger partial charge is 0.225 e. The molecule has 3 heterocycles. The van der Waals surface area contributed by atoms with Gasteiger partial charge < -0.3 is 10.0 Å². The number of aliphatic hydroxyl groups is 1. The standard InChI is InChI=1S/C13H16N4O/c1-13(18)4-2-6-17(9-13)12-15-8-10-7-14-5-3-11(10)16-12/h3,5,7-8,18H,2,4,6,9H2,1H3/t13-/m1/s1. The summed E-state index contributed by atoms with van der Waals surface area (Å²) in [5.41, 5.74) is 0.245. The second-order valence-electron chi connectivity index (χ2n) is 5.13. The molecule has 0 unspecified atom stereocenters. The van der Waals surface area contributed by atoms with Crippen LogP contribution in [0.1, 0.15) is 19.8 Å². The fraction of sp³-hybridized carbons (Fsp3) is 0.462. The van der Waals surface area contributed by atoms with E-state index in [0.29, 0.717) is 12.5 Å². The monoisotopic (exact) mass is 244 g/mol. The van der Waals surface area contributed by atoms with Crippen molar-refractivity contribution in [2.24, 2.45) is 0 Å². The van der Waals surface area contributed by atoms with Crippen LogP contribution in [0.15, 0.2) is 24.7 Å². The van der Waals surface area contributed by atoms with Crippen LogP contribution in [0.4, 0.5) is 5.95 Å². The zero-order valence-corrected chi connectivity index (χ0v) is 10.4. The summed E-state index contributed by atoms with van der Waals surface area (Å²) in [4.78, 5) is 15.0. The van der Waals surface area contributed by atoms with Gasteiger partial charge in [0.25, 0.3) is 0 Å². The van der Waals surface area contributed by atoms with Gasteiger partial charge in [0, 0.05) is 37.1 Å². The summed E-state index contributed by atoms with van der Waals surface area (Å²) in [6.07, 6.45) is 7.07. The lowest BCUT2D eigenvalue weighted by atomic mass is 9.95. The number of β-amino-alcohol motifs (C(OH)–C–C–N with tert-alkyl or cyclic N) is 1. The Balaban J connectivity index is 1.94. The molecular weight excluding hydrogens is 228 g/mol. The van der Waals surface area contributed by atoms with Crippen LogP contribution >= 0.6 is 0 Å². The first kappa shape index (κ1) is 11.3. The summed E-state index contributed by atoms with van der Waals surface area (Å²) in [6.45, 7) is 3.35. The summed E-state index contributed by atoms with van der Waals surface area (Å²) >= 11 is 0. The molecule has 3 rings (SSSR count). The van der Waals surface area contributed by atoms with Crippen LogP contribution in [-0.4, -0.2) is 38.7 Å². The molecule has 2 aromatic heterocycles. The second kappa shape index (κ2) is 4.17. The van der Waals surface area contributed by atoms with E-state index >= 15 is 0 Å². The number of hydrogen-bond donors (Lipinski definition) is 1. The molecule has 0 aromatic carbocycles. The lowest BCUT2D eigenvalue weighted by molar-refractivity contribution is 0.0445. The minimum absolute atomic E-state index is 0.587. The molecule has 5 nitrogen and oxygen atoms in total. The molecule has 1 saturated heterocycles. The molecule has 2 aromatic rings. The summed E-state index contributed by atoms with van der Waals surface area (Å²) < 4.78 is 0. The first-order valence-electron chi connectivity index (χ1n) is 6.18. The topological polar surface area (TPSA) is 62.1 Å². The number of hydrogen-bond acceptors (Lipinski definition) is 5. The molecule has 0 amide bonds. The lowest BCUT2D eigenvalue weighted by Gasteiger charge is -2.36. The highest BCUT2D eigenvalue weighted by molar-refractivity contribution is 5.77. The number of fused-ring (bicyclic) bond motifs is 1. The Hall–Kier alpha value is -1.75. The van der Waals surface area contributed by atoms with E-state index in [1.54, 1.807) is 18.6 Å². The fourth-order valence-electron chi connectivity index (χ4n) is 2.41. The van der Waals surface area contributed by atoms with E-state index in [-0.39, 0.29) is 0 Å². The van der Waals surface area contributed by atoms with Crippen molar-refractivity contribution in [1.82, 2.24) is 15.0 Å². The van der Waals surface area contributed by atoms with E-state index in [0.717, 1.165) is 30.3 Å². The average molecular weight is 244 g/mol. The van der Waals surface area contributed by atoms with Crippen LogP contribution in [0, 0.1) is 0 Å². The summed E-state index contributed by atoms with van der Waals surface area (Å²) in [5.74, 6) is 0.689. The molecule has 0 radical (unpaired) electrons. The van der Waals surface area contributed by atoms with E-state index in [2.05, 4.69) is 15.0 Å². The average Bonchev–Trinajstić information content (AvgIpc) is 2.37. The lowest BCUT2D eigenvalue weighted by Crippen LogP contribution is -2.46. The molecule has 18 heavy (non-hydrogen) atoms. The van der Waals surface area contributed by atoms with Crippen molar-refractivity contribution < 1.29 is 5.11 Å². The highest BCUT2D eigenvalue weighted by Crippen LogP contribution is 2.24. The third kappa shape index (κ3) is 2.13. The van der Waals surface area contributed by atoms with Crippen molar-refractivity contribution in [2.45, 2.75) is 25.4 Å². The molecule has 94 valence electrons. The van der Waals surface area contributed by atoms with Gasteiger partial charge in [0.2, 0.25) is 5.95 Å². The Morgan fingerprint density at radius 1 is 1.39 bits per heavy atom. The zero-order chi connectivity index (χ0) is 12.6. The first-order chi connectivity index (χ1) is 8.64. The van der Waals surface area contributed by atoms with Gasteiger partial charge in [-0.3, -0.25) is 4.98 Å². The molecule has 1 N–H and O–H groups in total. The van der Waals surface area contributed by atoms with Gasteiger partial charge in [-0.25, -0.2) is 9.97 Å². The predicted octanol–water partition coefficient (Wildman–Crippen LogP) is 1.38. The van der Waals surface area contributed by atoms with Crippen molar-refractivity contribution >= 4 is 16.9 Å². The molecule has 1 fully saturated rings. The van der Waals surface area contributed by atoms with Gasteiger partial charge in [0.15, 0.2) is 0 Å². The molecular formula is C13H16N4O. The normalized spacial score (nSPS) is 24.4. The van der Waals surface area contributed by atoms with Gasteiger partial charge in [-0.1, -0.05) is 0 Å². The third-order valence-electron chi connectivity index (χ3n) is 3.33. The van der Waals surface area contributed by atoms with Gasteiger partial charge in [0.05, 0.1) is 11.1 Å². The quantitative estimate of drug-likeness (QED) is 0.821. The highest BCUT2D eigenvalue weighted by Gasteiger charge is 2.29. The van der Waals surface area contributed by atoms with Gasteiger partial charge in [-0.2, -0.15) is 0 Å². The molecule has 0 saturated carbocycles. The Bertz CT molecular complexity index is 570. The Labute approximate surface area is 106 Å². The maximum absolute atomic E-state index is 10.1. The van der Waals surface area contributed by atoms with Crippen LogP contribution in [0.2, 0.25) is 0 Å². The van der Waals surface area contributed by atoms with Crippen LogP contribution < -0.4 is 4.90 Å². The molecule has 0 aliphatic carbocycles. The number of anilines is 1. The Morgan fingerprint density at radius 3 is 3.11 bits per heavy atom. The van der Waals surface area contributed by atoms with E-state index in [1.165, 1.54) is 0 Å². The second-order valence-corrected chi connectivity index (χ2v) is 5.13. The van der Waals surface area contributed by atoms with Crippen molar-refractivity contribution in [2.75, 3.05) is 18.0 Å². The van der Waals surface area contributed by atoms with Gasteiger partial charge >= 0.3 is 0 Å². The Morgan fingerprint density at radius 2 is 2.28 bits per heavy atom. The number of pyridine rings is 1. The van der Waals surface area contributed by atoms with Crippen LogP contribution in [0.3, 0.4) is 0 Å². The zero-order valence-electron chi connectivity index (χ0n) is 10.4. The van der Waals surface area contributed by atoms with Crippen molar-refractivity contribution in [3.05, 3.63) is 24.7 Å². The minimum Gasteiger partial charge on any atom is -0.388 e. The molecule has 1 aliphatic rings. The van der Waals surface area contributed by atoms with Crippen LogP contribution in [-0.2, 0) is 0 Å². The number of aromatic nitrogens is 3. The van der Waals surface area contributed by atoms with Crippen molar-refractivity contribution in [3.63, 3.8) is 0 Å². The summed E-state index contributed by atoms with van der Waals surface area (Å²) in [6, 6.07) is 1.88. The van der Waals surface area contributed by atoms with E-state index in [9.17, 15) is 5.11 Å². The number of rotatable bonds is 1. The maximum Gasteiger partial charge on any atom is 0.225 e. The van der Waals surface area contributed by atoms with E-state index < -0.39 is 5.60 Å². The fourth-order valence-corrected chi connectivity index (χ4v) is 2.41. The van der Waals surface area contributed by atoms with E-state index in [4.69, 9.17) is 0 Å². The van der Waals surface area contributed by atoms with Crippen LogP contribution in [0.5, 0.6) is 0 Å².